The third-order valence-electron chi connectivity index (χ3n) is 3.56. The minimum Gasteiger partial charge on any atom is -0.122 e. The van der Waals surface area contributed by atoms with Crippen molar-refractivity contribution < 1.29 is 0 Å². The van der Waals surface area contributed by atoms with Crippen molar-refractivity contribution in [2.45, 2.75) is 25.0 Å². The average molecular weight is 254 g/mol. The van der Waals surface area contributed by atoms with Crippen molar-refractivity contribution in [1.82, 2.24) is 0 Å². The van der Waals surface area contributed by atoms with Crippen molar-refractivity contribution in [3.05, 3.63) is 65.1 Å². The van der Waals surface area contributed by atoms with Crippen LogP contribution in [0.25, 0.3) is 5.57 Å². The molecule has 0 aromatic heterocycles. The molecule has 1 heterocycles. The number of thioether (sulfide) groups is 1. The fourth-order valence-corrected chi connectivity index (χ4v) is 4.34. The number of hydrogen-bond donors (Lipinski definition) is 0. The molecule has 1 heteroatoms. The van der Waals surface area contributed by atoms with E-state index < -0.39 is 0 Å². The molecule has 1 aliphatic heterocycles. The topological polar surface area (TPSA) is 0 Å². The first-order chi connectivity index (χ1) is 8.90. The van der Waals surface area contributed by atoms with Crippen LogP contribution < -0.4 is 0 Å². The van der Waals surface area contributed by atoms with Gasteiger partial charge in [-0.3, -0.25) is 0 Å². The van der Waals surface area contributed by atoms with Crippen LogP contribution in [0.1, 0.15) is 25.3 Å². The van der Waals surface area contributed by atoms with E-state index in [1.165, 1.54) is 18.4 Å². The van der Waals surface area contributed by atoms with Gasteiger partial charge in [0.1, 0.15) is 0 Å². The van der Waals surface area contributed by atoms with Gasteiger partial charge < -0.3 is 0 Å². The first-order valence-electron chi connectivity index (χ1n) is 6.70. The van der Waals surface area contributed by atoms with Crippen molar-refractivity contribution in [3.63, 3.8) is 0 Å². The Bertz CT molecular complexity index is 508. The molecule has 2 unspecified atom stereocenters. The monoisotopic (exact) mass is 254 g/mol. The van der Waals surface area contributed by atoms with Gasteiger partial charge in [-0.25, -0.2) is 0 Å². The molecule has 18 heavy (non-hydrogen) atoms. The number of fused-ring (bicyclic) bond motifs is 1. The van der Waals surface area contributed by atoms with Crippen LogP contribution in [0.15, 0.2) is 59.5 Å². The molecule has 0 saturated carbocycles. The van der Waals surface area contributed by atoms with Gasteiger partial charge >= 0.3 is 0 Å². The summed E-state index contributed by atoms with van der Waals surface area (Å²) in [6.07, 6.45) is 11.5. The highest BCUT2D eigenvalue weighted by Gasteiger charge is 2.33. The van der Waals surface area contributed by atoms with E-state index in [4.69, 9.17) is 0 Å². The first-order valence-corrected chi connectivity index (χ1v) is 7.58. The highest BCUT2D eigenvalue weighted by Crippen LogP contribution is 2.50. The van der Waals surface area contributed by atoms with Gasteiger partial charge in [-0.1, -0.05) is 68.0 Å². The minimum absolute atomic E-state index is 0.573. The summed E-state index contributed by atoms with van der Waals surface area (Å²) in [6, 6.07) is 10.9. The molecule has 0 amide bonds. The smallest absolute Gasteiger partial charge is 0.0378 e. The minimum atomic E-state index is 0.573. The zero-order chi connectivity index (χ0) is 12.4. The molecule has 1 aromatic carbocycles. The lowest BCUT2D eigenvalue weighted by Gasteiger charge is -2.18. The summed E-state index contributed by atoms with van der Waals surface area (Å²) in [7, 11) is 0. The SMILES string of the molecule is CCCC1=C(c2ccccc2)C2C=CC=CC2S1. The van der Waals surface area contributed by atoms with Crippen LogP contribution >= 0.6 is 11.8 Å². The first kappa shape index (κ1) is 11.9. The summed E-state index contributed by atoms with van der Waals surface area (Å²) in [5, 5.41) is 0.617. The Hall–Kier alpha value is -1.21. The van der Waals surface area contributed by atoms with Gasteiger partial charge in [-0.05, 0) is 22.5 Å². The van der Waals surface area contributed by atoms with Gasteiger partial charge in [0, 0.05) is 11.2 Å². The van der Waals surface area contributed by atoms with Crippen LogP contribution in [0.4, 0.5) is 0 Å². The van der Waals surface area contributed by atoms with Crippen LogP contribution in [-0.4, -0.2) is 5.25 Å². The summed E-state index contributed by atoms with van der Waals surface area (Å²) in [5.41, 5.74) is 2.97. The number of hydrogen-bond acceptors (Lipinski definition) is 1. The molecular weight excluding hydrogens is 236 g/mol. The second-order valence-corrected chi connectivity index (χ2v) is 6.10. The Labute approximate surface area is 113 Å². The fraction of sp³-hybridized carbons (Fsp3) is 0.294. The van der Waals surface area contributed by atoms with E-state index >= 15 is 0 Å². The zero-order valence-electron chi connectivity index (χ0n) is 10.7. The van der Waals surface area contributed by atoms with Gasteiger partial charge in [0.2, 0.25) is 0 Å². The Morgan fingerprint density at radius 1 is 1.06 bits per heavy atom. The highest BCUT2D eigenvalue weighted by molar-refractivity contribution is 8.04. The number of allylic oxidation sites excluding steroid dienone is 5. The molecule has 2 atom stereocenters. The predicted octanol–water partition coefficient (Wildman–Crippen LogP) is 5.06. The molecule has 1 aromatic rings. The molecule has 2 aliphatic rings. The molecule has 0 bridgehead atoms. The zero-order valence-corrected chi connectivity index (χ0v) is 11.5. The molecule has 0 fully saturated rings. The maximum atomic E-state index is 2.36. The lowest BCUT2D eigenvalue weighted by molar-refractivity contribution is 0.870. The molecule has 3 rings (SSSR count). The quantitative estimate of drug-likeness (QED) is 0.727. The van der Waals surface area contributed by atoms with E-state index in [-0.39, 0.29) is 0 Å². The lowest BCUT2D eigenvalue weighted by Crippen LogP contribution is -2.11. The molecule has 0 radical (unpaired) electrons. The largest absolute Gasteiger partial charge is 0.122 e. The Morgan fingerprint density at radius 2 is 1.83 bits per heavy atom. The summed E-state index contributed by atoms with van der Waals surface area (Å²) < 4.78 is 0. The van der Waals surface area contributed by atoms with Gasteiger partial charge in [0.15, 0.2) is 0 Å². The Balaban J connectivity index is 2.03. The maximum Gasteiger partial charge on any atom is 0.0378 e. The third-order valence-corrected chi connectivity index (χ3v) is 4.99. The second-order valence-electron chi connectivity index (χ2n) is 4.83. The van der Waals surface area contributed by atoms with Gasteiger partial charge in [0.25, 0.3) is 0 Å². The molecule has 1 aliphatic carbocycles. The second kappa shape index (κ2) is 5.19. The van der Waals surface area contributed by atoms with E-state index in [1.54, 1.807) is 10.5 Å². The van der Waals surface area contributed by atoms with Gasteiger partial charge in [0.05, 0.1) is 0 Å². The van der Waals surface area contributed by atoms with E-state index in [0.29, 0.717) is 11.2 Å². The summed E-state index contributed by atoms with van der Waals surface area (Å²) in [6.45, 7) is 2.27. The van der Waals surface area contributed by atoms with Crippen LogP contribution in [0.5, 0.6) is 0 Å². The summed E-state index contributed by atoms with van der Waals surface area (Å²) >= 11 is 2.06. The third kappa shape index (κ3) is 2.08. The van der Waals surface area contributed by atoms with Crippen LogP contribution in [0.3, 0.4) is 0 Å². The van der Waals surface area contributed by atoms with E-state index in [1.807, 2.05) is 0 Å². The normalized spacial score (nSPS) is 25.6. The summed E-state index contributed by atoms with van der Waals surface area (Å²) in [5.74, 6) is 0.573. The van der Waals surface area contributed by atoms with Crippen LogP contribution in [0, 0.1) is 5.92 Å². The van der Waals surface area contributed by atoms with E-state index in [9.17, 15) is 0 Å². The lowest BCUT2D eigenvalue weighted by atomic mass is 9.87. The van der Waals surface area contributed by atoms with Gasteiger partial charge in [-0.15, -0.1) is 11.8 Å². The van der Waals surface area contributed by atoms with Crippen molar-refractivity contribution in [2.24, 2.45) is 5.92 Å². The number of benzene rings is 1. The Morgan fingerprint density at radius 3 is 2.61 bits per heavy atom. The van der Waals surface area contributed by atoms with Crippen LogP contribution in [0.2, 0.25) is 0 Å². The van der Waals surface area contributed by atoms with Crippen molar-refractivity contribution in [3.8, 4) is 0 Å². The molecule has 0 N–H and O–H groups in total. The molecule has 0 saturated heterocycles. The molecule has 0 nitrogen and oxygen atoms in total. The van der Waals surface area contributed by atoms with E-state index in [0.717, 1.165) is 0 Å². The Kier molecular flexibility index (Phi) is 3.42. The molecular formula is C17H18S. The maximum absolute atomic E-state index is 2.36. The molecule has 92 valence electrons. The van der Waals surface area contributed by atoms with E-state index in [2.05, 4.69) is 73.3 Å². The number of rotatable bonds is 3. The average Bonchev–Trinajstić information content (AvgIpc) is 2.78. The van der Waals surface area contributed by atoms with Crippen LogP contribution in [-0.2, 0) is 0 Å². The standard InChI is InChI=1S/C17H18S/c1-2-8-16-17(13-9-4-3-5-10-13)14-11-6-7-12-15(14)18-16/h3-7,9-12,14-15H,2,8H2,1H3. The van der Waals surface area contributed by atoms with Gasteiger partial charge in [-0.2, -0.15) is 0 Å². The van der Waals surface area contributed by atoms with Crippen molar-refractivity contribution >= 4 is 17.3 Å². The van der Waals surface area contributed by atoms with Crippen molar-refractivity contribution in [2.75, 3.05) is 0 Å². The van der Waals surface area contributed by atoms with Crippen molar-refractivity contribution in [1.29, 1.82) is 0 Å². The molecule has 0 spiro atoms. The fourth-order valence-electron chi connectivity index (χ4n) is 2.77. The highest BCUT2D eigenvalue weighted by atomic mass is 32.2. The summed E-state index contributed by atoms with van der Waals surface area (Å²) in [4.78, 5) is 1.59. The predicted molar refractivity (Wildman–Crippen MR) is 81.4 cm³/mol.